The Labute approximate surface area is 225 Å². The number of rotatable bonds is 13. The third kappa shape index (κ3) is 5.79. The summed E-state index contributed by atoms with van der Waals surface area (Å²) in [5, 5.41) is 3.05. The summed E-state index contributed by atoms with van der Waals surface area (Å²) in [7, 11) is 0. The van der Waals surface area contributed by atoms with Crippen LogP contribution >= 0.6 is 23.2 Å². The van der Waals surface area contributed by atoms with Crippen molar-refractivity contribution in [2.45, 2.75) is 59.4 Å². The molecule has 0 saturated carbocycles. The first-order chi connectivity index (χ1) is 17.2. The van der Waals surface area contributed by atoms with Crippen LogP contribution in [0, 0.1) is 13.8 Å². The van der Waals surface area contributed by atoms with Crippen molar-refractivity contribution in [3.63, 3.8) is 0 Å². The molecule has 36 heavy (non-hydrogen) atoms. The third-order valence-corrected chi connectivity index (χ3v) is 7.34. The minimum Gasteiger partial charge on any atom is -0.373 e. The molecule has 0 aliphatic heterocycles. The number of benzene rings is 2. The highest BCUT2D eigenvalue weighted by atomic mass is 35.5. The first-order valence-electron chi connectivity index (χ1n) is 12.5. The van der Waals surface area contributed by atoms with Crippen LogP contribution in [0.1, 0.15) is 49.9 Å². The molecule has 0 saturated heterocycles. The largest absolute Gasteiger partial charge is 0.373 e. The summed E-state index contributed by atoms with van der Waals surface area (Å²) in [6.07, 6.45) is 1.34. The predicted octanol–water partition coefficient (Wildman–Crippen LogP) is 6.11. The Kier molecular flexibility index (Phi) is 11.4. The summed E-state index contributed by atoms with van der Waals surface area (Å²) in [6, 6.07) is 11.6. The van der Waals surface area contributed by atoms with Crippen LogP contribution in [0.5, 0.6) is 0 Å². The minimum atomic E-state index is -1.90. The normalized spacial score (nSPS) is 14.7. The number of carbonyl (C=O) groups excluding carboxylic acids is 2. The second-order valence-corrected chi connectivity index (χ2v) is 9.60. The lowest BCUT2D eigenvalue weighted by atomic mass is 9.98. The van der Waals surface area contributed by atoms with Gasteiger partial charge >= 0.3 is 11.8 Å². The molecular weight excluding hydrogens is 499 g/mol. The van der Waals surface area contributed by atoms with Gasteiger partial charge in [0.25, 0.3) is 5.00 Å². The Morgan fingerprint density at radius 1 is 0.917 bits per heavy atom. The van der Waals surface area contributed by atoms with Gasteiger partial charge in [-0.15, -0.1) is 11.6 Å². The molecule has 0 radical (unpaired) electrons. The van der Waals surface area contributed by atoms with E-state index in [9.17, 15) is 9.59 Å². The van der Waals surface area contributed by atoms with Crippen molar-refractivity contribution in [3.8, 4) is 0 Å². The molecule has 2 aromatic carbocycles. The van der Waals surface area contributed by atoms with Crippen LogP contribution in [0.3, 0.4) is 0 Å². The van der Waals surface area contributed by atoms with Crippen LogP contribution < -0.4 is 9.80 Å². The number of amides is 2. The molecule has 0 bridgehead atoms. The van der Waals surface area contributed by atoms with Crippen molar-refractivity contribution >= 4 is 46.4 Å². The molecule has 2 atom stereocenters. The molecule has 2 unspecified atom stereocenters. The van der Waals surface area contributed by atoms with Crippen LogP contribution in [0.15, 0.2) is 36.4 Å². The highest BCUT2D eigenvalue weighted by Crippen LogP contribution is 2.43. The average Bonchev–Trinajstić information content (AvgIpc) is 2.88. The highest BCUT2D eigenvalue weighted by Gasteiger charge is 2.63. The molecule has 0 heterocycles. The molecule has 0 aliphatic carbocycles. The Hall–Kier alpha value is -1.96. The van der Waals surface area contributed by atoms with Gasteiger partial charge in [-0.3, -0.25) is 4.79 Å². The zero-order valence-corrected chi connectivity index (χ0v) is 23.8. The summed E-state index contributed by atoms with van der Waals surface area (Å²) in [5.74, 6) is -1.35. The van der Waals surface area contributed by atoms with Crippen LogP contribution in [-0.4, -0.2) is 49.2 Å². The molecule has 2 amide bonds. The maximum atomic E-state index is 14.3. The molecule has 2 aromatic rings. The van der Waals surface area contributed by atoms with Crippen molar-refractivity contribution < 1.29 is 19.1 Å². The van der Waals surface area contributed by atoms with Crippen LogP contribution in [0.4, 0.5) is 11.4 Å². The van der Waals surface area contributed by atoms with Crippen LogP contribution in [-0.2, 0) is 31.9 Å². The quantitative estimate of drug-likeness (QED) is 0.145. The van der Waals surface area contributed by atoms with Crippen molar-refractivity contribution in [2.24, 2.45) is 0 Å². The Balaban J connectivity index is 2.90. The fourth-order valence-electron chi connectivity index (χ4n) is 4.62. The van der Waals surface area contributed by atoms with E-state index in [2.05, 4.69) is 5.32 Å². The minimum absolute atomic E-state index is 0.168. The summed E-state index contributed by atoms with van der Waals surface area (Å²) >= 11 is 13.6. The molecule has 0 aliphatic rings. The molecule has 6 nitrogen and oxygen atoms in total. The standard InChI is InChI=1S/C28H38Cl2N2O4/c1-7-22-15-11-13-20(5)25(22)31-27(34)28(30,18-35-9-3)32(19-36-10-4,24(33)17-29)26-21(6)14-12-16-23(26)8-2/h11-16H,7-10,17-19H2,1-6H3/p+1. The Bertz CT molecular complexity index is 1060. The number of aryl methyl sites for hydroxylation is 4. The second-order valence-electron chi connectivity index (χ2n) is 8.71. The number of para-hydroxylation sites is 2. The number of hydrogen-bond acceptors (Lipinski definition) is 4. The van der Waals surface area contributed by atoms with E-state index in [-0.39, 0.29) is 19.2 Å². The lowest BCUT2D eigenvalue weighted by Gasteiger charge is -2.46. The molecule has 8 heteroatoms. The van der Waals surface area contributed by atoms with Crippen molar-refractivity contribution in [1.29, 1.82) is 0 Å². The Morgan fingerprint density at radius 2 is 1.50 bits per heavy atom. The van der Waals surface area contributed by atoms with Gasteiger partial charge in [0.15, 0.2) is 6.73 Å². The maximum absolute atomic E-state index is 14.3. The summed E-state index contributed by atoms with van der Waals surface area (Å²) in [5.41, 5.74) is 4.86. The Morgan fingerprint density at radius 3 is 2.06 bits per heavy atom. The first kappa shape index (κ1) is 30.3. The van der Waals surface area contributed by atoms with E-state index in [0.717, 1.165) is 28.7 Å². The van der Waals surface area contributed by atoms with Crippen molar-refractivity contribution in [3.05, 3.63) is 58.7 Å². The van der Waals surface area contributed by atoms with E-state index in [1.54, 1.807) is 0 Å². The number of anilines is 1. The van der Waals surface area contributed by atoms with Gasteiger partial charge in [0.05, 0.1) is 0 Å². The number of nitrogens with one attached hydrogen (secondary N) is 1. The molecule has 1 N–H and O–H groups in total. The molecule has 2 rings (SSSR count). The fraction of sp³-hybridized carbons (Fsp3) is 0.500. The van der Waals surface area contributed by atoms with Gasteiger partial charge < -0.3 is 14.8 Å². The molecule has 0 aromatic heterocycles. The van der Waals surface area contributed by atoms with Crippen LogP contribution in [0.25, 0.3) is 0 Å². The number of quaternary nitrogens is 1. The smallest absolute Gasteiger partial charge is 0.337 e. The number of carbonyl (C=O) groups is 2. The van der Waals surface area contributed by atoms with E-state index in [0.29, 0.717) is 31.0 Å². The van der Waals surface area contributed by atoms with Gasteiger partial charge in [0.1, 0.15) is 18.2 Å². The highest BCUT2D eigenvalue weighted by molar-refractivity contribution is 6.40. The van der Waals surface area contributed by atoms with Crippen molar-refractivity contribution in [1.82, 2.24) is 4.48 Å². The van der Waals surface area contributed by atoms with E-state index in [4.69, 9.17) is 32.7 Å². The van der Waals surface area contributed by atoms with E-state index >= 15 is 0 Å². The lowest BCUT2D eigenvalue weighted by Crippen LogP contribution is -2.74. The topological polar surface area (TPSA) is 64.6 Å². The van der Waals surface area contributed by atoms with Gasteiger partial charge in [-0.05, 0) is 63.3 Å². The molecular formula is C28H39Cl2N2O4+. The zero-order valence-electron chi connectivity index (χ0n) is 22.2. The van der Waals surface area contributed by atoms with Gasteiger partial charge in [0.2, 0.25) is 0 Å². The van der Waals surface area contributed by atoms with Gasteiger partial charge in [0, 0.05) is 30.0 Å². The first-order valence-corrected chi connectivity index (χ1v) is 13.4. The van der Waals surface area contributed by atoms with Gasteiger partial charge in [-0.2, -0.15) is 4.48 Å². The van der Waals surface area contributed by atoms with E-state index < -0.39 is 21.3 Å². The van der Waals surface area contributed by atoms with E-state index in [1.807, 2.05) is 77.9 Å². The number of halogens is 2. The summed E-state index contributed by atoms with van der Waals surface area (Å²) in [6.45, 7) is 11.7. The average molecular weight is 539 g/mol. The maximum Gasteiger partial charge on any atom is 0.337 e. The summed E-state index contributed by atoms with van der Waals surface area (Å²) in [4.78, 5) is 26.3. The number of hydrogen-bond donors (Lipinski definition) is 1. The monoisotopic (exact) mass is 537 g/mol. The predicted molar refractivity (Wildman–Crippen MR) is 149 cm³/mol. The number of nitrogens with zero attached hydrogens (tertiary/aromatic N) is 1. The number of alkyl halides is 2. The molecule has 0 fully saturated rings. The van der Waals surface area contributed by atoms with Crippen molar-refractivity contribution in [2.75, 3.05) is 37.7 Å². The lowest BCUT2D eigenvalue weighted by molar-refractivity contribution is -0.147. The molecule has 198 valence electrons. The van der Waals surface area contributed by atoms with Crippen LogP contribution in [0.2, 0.25) is 0 Å². The fourth-order valence-corrected chi connectivity index (χ4v) is 5.17. The van der Waals surface area contributed by atoms with E-state index in [1.165, 1.54) is 0 Å². The summed E-state index contributed by atoms with van der Waals surface area (Å²) < 4.78 is 11.1. The second kappa shape index (κ2) is 13.5. The van der Waals surface area contributed by atoms with Gasteiger partial charge in [-0.25, -0.2) is 4.79 Å². The number of ether oxygens (including phenoxy) is 2. The SMILES string of the molecule is CCOCC(Cl)(C(=O)Nc1c(C)cccc1CC)[N+](COCC)(C(=O)CCl)c1c(C)cccc1CC. The third-order valence-electron chi connectivity index (χ3n) is 6.54. The zero-order chi connectivity index (χ0) is 26.9. The molecule has 0 spiro atoms. The van der Waals surface area contributed by atoms with Gasteiger partial charge in [-0.1, -0.05) is 50.2 Å².